The lowest BCUT2D eigenvalue weighted by Crippen LogP contribution is -2.32. The van der Waals surface area contributed by atoms with E-state index in [4.69, 9.17) is 16.3 Å². The van der Waals surface area contributed by atoms with Crippen LogP contribution in [-0.4, -0.2) is 30.5 Å². The largest absolute Gasteiger partial charge is 0.484 e. The molecule has 33 heavy (non-hydrogen) atoms. The first-order valence-electron chi connectivity index (χ1n) is 9.89. The Bertz CT molecular complexity index is 1160. The number of benzene rings is 3. The highest BCUT2D eigenvalue weighted by molar-refractivity contribution is 6.41. The van der Waals surface area contributed by atoms with Gasteiger partial charge in [-0.1, -0.05) is 41.4 Å². The lowest BCUT2D eigenvalue weighted by Gasteiger charge is -2.08. The van der Waals surface area contributed by atoms with Crippen LogP contribution in [0, 0.1) is 6.92 Å². The van der Waals surface area contributed by atoms with Crippen molar-refractivity contribution < 1.29 is 19.1 Å². The van der Waals surface area contributed by atoms with Crippen LogP contribution in [-0.2, 0) is 14.4 Å². The normalized spacial score (nSPS) is 10.5. The lowest BCUT2D eigenvalue weighted by molar-refractivity contribution is -0.136. The number of para-hydroxylation sites is 1. The predicted octanol–water partition coefficient (Wildman–Crippen LogP) is 3.75. The number of hydrogen-bond donors (Lipinski definition) is 3. The zero-order valence-corrected chi connectivity index (χ0v) is 18.4. The molecule has 3 aromatic carbocycles. The van der Waals surface area contributed by atoms with Gasteiger partial charge in [-0.15, -0.1) is 0 Å². The molecular weight excluding hydrogens is 444 g/mol. The maximum Gasteiger partial charge on any atom is 0.329 e. The van der Waals surface area contributed by atoms with Gasteiger partial charge in [0.1, 0.15) is 5.75 Å². The zero-order valence-electron chi connectivity index (χ0n) is 17.7. The molecule has 3 N–H and O–H groups in total. The molecule has 0 saturated heterocycles. The number of hydrogen-bond acceptors (Lipinski definition) is 5. The SMILES string of the molecule is Cc1ccc(NC(=O)COc2ccc(/C=N\NC(=O)C(=O)Nc3ccccc3Cl)cc2)cc1. The summed E-state index contributed by atoms with van der Waals surface area (Å²) >= 11 is 5.94. The first kappa shape index (κ1) is 23.5. The minimum absolute atomic E-state index is 0.141. The highest BCUT2D eigenvalue weighted by Crippen LogP contribution is 2.20. The summed E-state index contributed by atoms with van der Waals surface area (Å²) in [6, 6.07) is 20.7. The molecule has 0 atom stereocenters. The summed E-state index contributed by atoms with van der Waals surface area (Å²) < 4.78 is 5.47. The van der Waals surface area contributed by atoms with Crippen molar-refractivity contribution in [3.05, 3.63) is 88.9 Å². The van der Waals surface area contributed by atoms with E-state index >= 15 is 0 Å². The number of aryl methyl sites for hydroxylation is 1. The lowest BCUT2D eigenvalue weighted by atomic mass is 10.2. The van der Waals surface area contributed by atoms with Gasteiger partial charge in [0.15, 0.2) is 6.61 Å². The number of nitrogens with zero attached hydrogens (tertiary/aromatic N) is 1. The fourth-order valence-corrected chi connectivity index (χ4v) is 2.77. The van der Waals surface area contributed by atoms with Crippen molar-refractivity contribution in [3.63, 3.8) is 0 Å². The summed E-state index contributed by atoms with van der Waals surface area (Å²) in [5, 5.41) is 9.23. The minimum atomic E-state index is -0.939. The maximum absolute atomic E-state index is 12.0. The van der Waals surface area contributed by atoms with Crippen molar-refractivity contribution in [2.45, 2.75) is 6.92 Å². The Balaban J connectivity index is 1.43. The average molecular weight is 465 g/mol. The van der Waals surface area contributed by atoms with Crippen LogP contribution in [0.3, 0.4) is 0 Å². The third-order valence-electron chi connectivity index (χ3n) is 4.29. The van der Waals surface area contributed by atoms with E-state index in [-0.39, 0.29) is 12.5 Å². The molecule has 9 heteroatoms. The minimum Gasteiger partial charge on any atom is -0.484 e. The van der Waals surface area contributed by atoms with Gasteiger partial charge in [0.25, 0.3) is 5.91 Å². The second-order valence-electron chi connectivity index (χ2n) is 6.91. The summed E-state index contributed by atoms with van der Waals surface area (Å²) in [6.07, 6.45) is 1.37. The molecule has 168 valence electrons. The first-order chi connectivity index (χ1) is 15.9. The van der Waals surface area contributed by atoms with E-state index in [0.29, 0.717) is 27.7 Å². The molecule has 0 heterocycles. The van der Waals surface area contributed by atoms with Gasteiger partial charge in [-0.05, 0) is 61.0 Å². The van der Waals surface area contributed by atoms with Gasteiger partial charge in [0, 0.05) is 5.69 Å². The van der Waals surface area contributed by atoms with E-state index in [1.807, 2.05) is 31.2 Å². The first-order valence-corrected chi connectivity index (χ1v) is 10.3. The molecule has 0 fully saturated rings. The number of hydrazone groups is 1. The van der Waals surface area contributed by atoms with Crippen LogP contribution in [0.25, 0.3) is 0 Å². The van der Waals surface area contributed by atoms with Crippen LogP contribution in [0.4, 0.5) is 11.4 Å². The summed E-state index contributed by atoms with van der Waals surface area (Å²) in [7, 11) is 0. The van der Waals surface area contributed by atoms with Crippen LogP contribution in [0.2, 0.25) is 5.02 Å². The Morgan fingerprint density at radius 2 is 1.61 bits per heavy atom. The number of amides is 3. The van der Waals surface area contributed by atoms with Crippen LogP contribution >= 0.6 is 11.6 Å². The smallest absolute Gasteiger partial charge is 0.329 e. The molecule has 0 aliphatic heterocycles. The van der Waals surface area contributed by atoms with E-state index < -0.39 is 11.8 Å². The number of carbonyl (C=O) groups is 3. The molecule has 0 aliphatic carbocycles. The fourth-order valence-electron chi connectivity index (χ4n) is 2.59. The maximum atomic E-state index is 12.0. The molecule has 0 saturated carbocycles. The summed E-state index contributed by atoms with van der Waals surface area (Å²) in [5.41, 5.74) is 4.92. The molecule has 0 aliphatic rings. The van der Waals surface area contributed by atoms with E-state index in [9.17, 15) is 14.4 Å². The van der Waals surface area contributed by atoms with Gasteiger partial charge in [0.05, 0.1) is 16.9 Å². The summed E-state index contributed by atoms with van der Waals surface area (Å²) in [5.74, 6) is -1.62. The molecule has 0 spiro atoms. The van der Waals surface area contributed by atoms with Crippen molar-refractivity contribution in [2.75, 3.05) is 17.2 Å². The molecule has 0 unspecified atom stereocenters. The van der Waals surface area contributed by atoms with Crippen molar-refractivity contribution >= 4 is 46.9 Å². The Morgan fingerprint density at radius 1 is 0.909 bits per heavy atom. The zero-order chi connectivity index (χ0) is 23.6. The Labute approximate surface area is 195 Å². The highest BCUT2D eigenvalue weighted by Gasteiger charge is 2.14. The van der Waals surface area contributed by atoms with E-state index in [1.54, 1.807) is 48.5 Å². The Kier molecular flexibility index (Phi) is 8.15. The number of nitrogens with one attached hydrogen (secondary N) is 3. The van der Waals surface area contributed by atoms with E-state index in [0.717, 1.165) is 5.56 Å². The third kappa shape index (κ3) is 7.48. The highest BCUT2D eigenvalue weighted by atomic mass is 35.5. The number of ether oxygens (including phenoxy) is 1. The van der Waals surface area contributed by atoms with Crippen LogP contribution < -0.4 is 20.8 Å². The van der Waals surface area contributed by atoms with Gasteiger partial charge in [0.2, 0.25) is 0 Å². The molecule has 0 bridgehead atoms. The Hall–Kier alpha value is -4.17. The van der Waals surface area contributed by atoms with Crippen molar-refractivity contribution in [3.8, 4) is 5.75 Å². The number of anilines is 2. The van der Waals surface area contributed by atoms with Crippen LogP contribution in [0.15, 0.2) is 77.9 Å². The van der Waals surface area contributed by atoms with E-state index in [1.165, 1.54) is 6.21 Å². The predicted molar refractivity (Wildman–Crippen MR) is 128 cm³/mol. The third-order valence-corrected chi connectivity index (χ3v) is 4.62. The van der Waals surface area contributed by atoms with Crippen LogP contribution in [0.1, 0.15) is 11.1 Å². The van der Waals surface area contributed by atoms with Crippen LogP contribution in [0.5, 0.6) is 5.75 Å². The van der Waals surface area contributed by atoms with Gasteiger partial charge in [-0.2, -0.15) is 5.10 Å². The van der Waals surface area contributed by atoms with E-state index in [2.05, 4.69) is 21.2 Å². The fraction of sp³-hybridized carbons (Fsp3) is 0.0833. The second-order valence-corrected chi connectivity index (χ2v) is 7.31. The van der Waals surface area contributed by atoms with Crippen molar-refractivity contribution in [2.24, 2.45) is 5.10 Å². The monoisotopic (exact) mass is 464 g/mol. The number of carbonyl (C=O) groups excluding carboxylic acids is 3. The van der Waals surface area contributed by atoms with Crippen molar-refractivity contribution in [1.29, 1.82) is 0 Å². The Morgan fingerprint density at radius 3 is 2.30 bits per heavy atom. The summed E-state index contributed by atoms with van der Waals surface area (Å²) in [4.78, 5) is 35.8. The molecule has 0 radical (unpaired) electrons. The molecule has 0 aromatic heterocycles. The average Bonchev–Trinajstić information content (AvgIpc) is 2.81. The molecule has 3 amide bonds. The second kappa shape index (κ2) is 11.4. The van der Waals surface area contributed by atoms with Gasteiger partial charge in [-0.25, -0.2) is 5.43 Å². The van der Waals surface area contributed by atoms with Gasteiger partial charge < -0.3 is 15.4 Å². The molecule has 3 rings (SSSR count). The molecule has 3 aromatic rings. The molecular formula is C24H21ClN4O4. The van der Waals surface area contributed by atoms with Gasteiger partial charge >= 0.3 is 11.8 Å². The number of halogens is 1. The topological polar surface area (TPSA) is 109 Å². The number of rotatable bonds is 7. The standard InChI is InChI=1S/C24H21ClN4O4/c1-16-6-10-18(11-7-16)27-22(30)15-33-19-12-8-17(9-13-19)14-26-29-24(32)23(31)28-21-5-3-2-4-20(21)25/h2-14H,15H2,1H3,(H,27,30)(H,28,31)(H,29,32)/b26-14-. The van der Waals surface area contributed by atoms with Crippen molar-refractivity contribution in [1.82, 2.24) is 5.43 Å². The summed E-state index contributed by atoms with van der Waals surface area (Å²) in [6.45, 7) is 1.83. The molecule has 8 nitrogen and oxygen atoms in total. The quantitative estimate of drug-likeness (QED) is 0.281. The van der Waals surface area contributed by atoms with Gasteiger partial charge in [-0.3, -0.25) is 14.4 Å².